The van der Waals surface area contributed by atoms with E-state index in [0.29, 0.717) is 16.3 Å². The fourth-order valence-corrected chi connectivity index (χ4v) is 3.50. The molecule has 0 aromatic heterocycles. The molecule has 0 saturated heterocycles. The van der Waals surface area contributed by atoms with Crippen LogP contribution in [0.3, 0.4) is 0 Å². The second kappa shape index (κ2) is 8.75. The van der Waals surface area contributed by atoms with E-state index in [0.717, 1.165) is 17.1 Å². The molecule has 126 valence electrons. The molecule has 0 spiro atoms. The van der Waals surface area contributed by atoms with Crippen molar-refractivity contribution in [1.82, 2.24) is 0 Å². The molecule has 0 saturated carbocycles. The highest BCUT2D eigenvalue weighted by Gasteiger charge is 2.11. The minimum absolute atomic E-state index is 0.382. The SMILES string of the molecule is O=C(Oc1ccc(CSCc2ccccc2)cc1Cl)c1ccccc1. The topological polar surface area (TPSA) is 26.3 Å². The van der Waals surface area contributed by atoms with Gasteiger partial charge in [-0.1, -0.05) is 66.2 Å². The van der Waals surface area contributed by atoms with Gasteiger partial charge in [0.25, 0.3) is 0 Å². The lowest BCUT2D eigenvalue weighted by Gasteiger charge is -2.08. The maximum atomic E-state index is 12.1. The van der Waals surface area contributed by atoms with E-state index in [2.05, 4.69) is 12.1 Å². The maximum Gasteiger partial charge on any atom is 0.343 e. The zero-order valence-electron chi connectivity index (χ0n) is 13.5. The molecule has 4 heteroatoms. The van der Waals surface area contributed by atoms with Crippen LogP contribution in [-0.4, -0.2) is 5.97 Å². The molecular weight excluding hydrogens is 352 g/mol. The monoisotopic (exact) mass is 368 g/mol. The second-order valence-electron chi connectivity index (χ2n) is 5.50. The van der Waals surface area contributed by atoms with Crippen LogP contribution in [0.4, 0.5) is 0 Å². The van der Waals surface area contributed by atoms with Crippen molar-refractivity contribution < 1.29 is 9.53 Å². The van der Waals surface area contributed by atoms with E-state index in [9.17, 15) is 4.79 Å². The molecule has 0 bridgehead atoms. The summed E-state index contributed by atoms with van der Waals surface area (Å²) < 4.78 is 5.38. The highest BCUT2D eigenvalue weighted by molar-refractivity contribution is 7.97. The van der Waals surface area contributed by atoms with Gasteiger partial charge in [-0.2, -0.15) is 11.8 Å². The predicted molar refractivity (Wildman–Crippen MR) is 104 cm³/mol. The Bertz CT molecular complexity index is 835. The highest BCUT2D eigenvalue weighted by Crippen LogP contribution is 2.28. The summed E-state index contributed by atoms with van der Waals surface area (Å²) in [5.74, 6) is 1.77. The quantitative estimate of drug-likeness (QED) is 0.394. The largest absolute Gasteiger partial charge is 0.421 e. The molecule has 0 aliphatic carbocycles. The first kappa shape index (κ1) is 17.6. The van der Waals surface area contributed by atoms with Crippen LogP contribution < -0.4 is 4.74 Å². The number of esters is 1. The number of rotatable bonds is 6. The molecule has 0 fully saturated rings. The van der Waals surface area contributed by atoms with E-state index in [1.165, 1.54) is 5.56 Å². The van der Waals surface area contributed by atoms with Gasteiger partial charge in [0.15, 0.2) is 0 Å². The Balaban J connectivity index is 1.58. The summed E-state index contributed by atoms with van der Waals surface area (Å²) in [6.45, 7) is 0. The number of halogens is 1. The molecule has 0 unspecified atom stereocenters. The summed E-state index contributed by atoms with van der Waals surface area (Å²) in [6.07, 6.45) is 0. The van der Waals surface area contributed by atoms with Gasteiger partial charge < -0.3 is 4.74 Å². The van der Waals surface area contributed by atoms with E-state index < -0.39 is 5.97 Å². The molecule has 3 aromatic carbocycles. The lowest BCUT2D eigenvalue weighted by molar-refractivity contribution is 0.0735. The van der Waals surface area contributed by atoms with Gasteiger partial charge in [-0.3, -0.25) is 0 Å². The van der Waals surface area contributed by atoms with Gasteiger partial charge in [0.05, 0.1) is 10.6 Å². The first-order chi connectivity index (χ1) is 12.2. The van der Waals surface area contributed by atoms with Crippen molar-refractivity contribution in [3.63, 3.8) is 0 Å². The average molecular weight is 369 g/mol. The molecule has 0 aliphatic rings. The molecule has 0 heterocycles. The predicted octanol–water partition coefficient (Wildman–Crippen LogP) is 5.99. The second-order valence-corrected chi connectivity index (χ2v) is 6.89. The molecule has 0 N–H and O–H groups in total. The van der Waals surface area contributed by atoms with Crippen molar-refractivity contribution in [2.75, 3.05) is 0 Å². The first-order valence-corrected chi connectivity index (χ1v) is 9.43. The summed E-state index contributed by atoms with van der Waals surface area (Å²) in [4.78, 5) is 12.1. The highest BCUT2D eigenvalue weighted by atomic mass is 35.5. The van der Waals surface area contributed by atoms with Crippen LogP contribution in [0.2, 0.25) is 5.02 Å². The van der Waals surface area contributed by atoms with Crippen molar-refractivity contribution in [2.45, 2.75) is 11.5 Å². The van der Waals surface area contributed by atoms with Crippen LogP contribution in [-0.2, 0) is 11.5 Å². The van der Waals surface area contributed by atoms with E-state index in [4.69, 9.17) is 16.3 Å². The molecule has 0 atom stereocenters. The lowest BCUT2D eigenvalue weighted by Crippen LogP contribution is -2.08. The maximum absolute atomic E-state index is 12.1. The van der Waals surface area contributed by atoms with E-state index in [1.54, 1.807) is 30.3 Å². The molecule has 3 aromatic rings. The molecule has 0 aliphatic heterocycles. The Morgan fingerprint density at radius 3 is 2.16 bits per heavy atom. The van der Waals surface area contributed by atoms with Crippen molar-refractivity contribution in [3.8, 4) is 5.75 Å². The fourth-order valence-electron chi connectivity index (χ4n) is 2.31. The molecule has 2 nitrogen and oxygen atoms in total. The molecule has 0 amide bonds. The zero-order chi connectivity index (χ0) is 17.5. The number of carbonyl (C=O) groups excluding carboxylic acids is 1. The Morgan fingerprint density at radius 1 is 0.840 bits per heavy atom. The number of thioether (sulfide) groups is 1. The van der Waals surface area contributed by atoms with Crippen LogP contribution in [0.5, 0.6) is 5.75 Å². The molecular formula is C21H17ClO2S. The van der Waals surface area contributed by atoms with E-state index >= 15 is 0 Å². The van der Waals surface area contributed by atoms with Gasteiger partial charge in [0.1, 0.15) is 5.75 Å². The summed E-state index contributed by atoms with van der Waals surface area (Å²) in [6, 6.07) is 24.8. The molecule has 25 heavy (non-hydrogen) atoms. The van der Waals surface area contributed by atoms with Gasteiger partial charge in [0.2, 0.25) is 0 Å². The first-order valence-electron chi connectivity index (χ1n) is 7.90. The third-order valence-corrected chi connectivity index (χ3v) is 4.96. The average Bonchev–Trinajstić information content (AvgIpc) is 2.65. The minimum Gasteiger partial charge on any atom is -0.421 e. The van der Waals surface area contributed by atoms with Gasteiger partial charge in [0, 0.05) is 11.5 Å². The fraction of sp³-hybridized carbons (Fsp3) is 0.0952. The van der Waals surface area contributed by atoms with Crippen LogP contribution in [0.1, 0.15) is 21.5 Å². The Hall–Kier alpha value is -2.23. The zero-order valence-corrected chi connectivity index (χ0v) is 15.1. The van der Waals surface area contributed by atoms with Crippen molar-refractivity contribution in [1.29, 1.82) is 0 Å². The van der Waals surface area contributed by atoms with Crippen molar-refractivity contribution in [2.24, 2.45) is 0 Å². The van der Waals surface area contributed by atoms with Crippen LogP contribution >= 0.6 is 23.4 Å². The standard InChI is InChI=1S/C21H17ClO2S/c22-19-13-17(15-25-14-16-7-3-1-4-8-16)11-12-20(19)24-21(23)18-9-5-2-6-10-18/h1-13H,14-15H2. The third kappa shape index (κ3) is 5.12. The summed E-state index contributed by atoms with van der Waals surface area (Å²) in [5.41, 5.74) is 2.90. The number of ether oxygens (including phenoxy) is 1. The van der Waals surface area contributed by atoms with Crippen LogP contribution in [0, 0.1) is 0 Å². The Morgan fingerprint density at radius 2 is 1.48 bits per heavy atom. The van der Waals surface area contributed by atoms with Gasteiger partial charge in [-0.25, -0.2) is 4.79 Å². The number of hydrogen-bond acceptors (Lipinski definition) is 3. The minimum atomic E-state index is -0.409. The van der Waals surface area contributed by atoms with E-state index in [1.807, 2.05) is 48.2 Å². The normalized spacial score (nSPS) is 10.4. The Kier molecular flexibility index (Phi) is 6.15. The van der Waals surface area contributed by atoms with Gasteiger partial charge in [-0.15, -0.1) is 0 Å². The van der Waals surface area contributed by atoms with E-state index in [-0.39, 0.29) is 0 Å². The third-order valence-electron chi connectivity index (χ3n) is 3.59. The van der Waals surface area contributed by atoms with Gasteiger partial charge in [-0.05, 0) is 35.4 Å². The molecule has 3 rings (SSSR count). The van der Waals surface area contributed by atoms with Crippen LogP contribution in [0.25, 0.3) is 0 Å². The number of carbonyl (C=O) groups is 1. The van der Waals surface area contributed by atoms with Crippen molar-refractivity contribution >= 4 is 29.3 Å². The van der Waals surface area contributed by atoms with Crippen molar-refractivity contribution in [3.05, 3.63) is 101 Å². The summed E-state index contributed by atoms with van der Waals surface area (Å²) >= 11 is 8.09. The summed E-state index contributed by atoms with van der Waals surface area (Å²) in [7, 11) is 0. The Labute approximate surface area is 156 Å². The lowest BCUT2D eigenvalue weighted by atomic mass is 10.2. The smallest absolute Gasteiger partial charge is 0.343 e. The number of benzene rings is 3. The number of hydrogen-bond donors (Lipinski definition) is 0. The molecule has 0 radical (unpaired) electrons. The van der Waals surface area contributed by atoms with Crippen LogP contribution in [0.15, 0.2) is 78.9 Å². The van der Waals surface area contributed by atoms with Gasteiger partial charge >= 0.3 is 5.97 Å². The summed E-state index contributed by atoms with van der Waals surface area (Å²) in [5, 5.41) is 0.446.